The van der Waals surface area contributed by atoms with Crippen molar-refractivity contribution in [1.82, 2.24) is 0 Å². The molecule has 1 aromatic carbocycles. The molecule has 2 aliphatic rings. The summed E-state index contributed by atoms with van der Waals surface area (Å²) in [5.74, 6) is 0.122. The van der Waals surface area contributed by atoms with Crippen LogP contribution in [0.4, 0.5) is 11.4 Å². The van der Waals surface area contributed by atoms with Crippen molar-refractivity contribution in [1.29, 1.82) is 5.26 Å². The van der Waals surface area contributed by atoms with E-state index in [1.165, 1.54) is 12.1 Å². The van der Waals surface area contributed by atoms with Crippen molar-refractivity contribution in [3.05, 3.63) is 33.9 Å². The van der Waals surface area contributed by atoms with Gasteiger partial charge in [-0.2, -0.15) is 5.26 Å². The summed E-state index contributed by atoms with van der Waals surface area (Å²) < 4.78 is 11.4. The van der Waals surface area contributed by atoms with Crippen molar-refractivity contribution in [2.24, 2.45) is 5.92 Å². The molecule has 1 saturated carbocycles. The second kappa shape index (κ2) is 6.52. The number of non-ortho nitro benzene ring substituents is 1. The van der Waals surface area contributed by atoms with E-state index in [1.54, 1.807) is 6.07 Å². The van der Waals surface area contributed by atoms with Crippen LogP contribution in [-0.2, 0) is 9.47 Å². The maximum atomic E-state index is 10.8. The van der Waals surface area contributed by atoms with Crippen LogP contribution >= 0.6 is 0 Å². The van der Waals surface area contributed by atoms with E-state index >= 15 is 0 Å². The quantitative estimate of drug-likeness (QED) is 0.677. The lowest BCUT2D eigenvalue weighted by molar-refractivity contribution is -0.384. The van der Waals surface area contributed by atoms with Crippen molar-refractivity contribution < 1.29 is 14.4 Å². The molecular weight excluding hydrogens is 298 g/mol. The van der Waals surface area contributed by atoms with Crippen LogP contribution in [-0.4, -0.2) is 30.5 Å². The van der Waals surface area contributed by atoms with Crippen LogP contribution in [0.5, 0.6) is 0 Å². The number of nitrogens with one attached hydrogen (secondary N) is 1. The van der Waals surface area contributed by atoms with E-state index < -0.39 is 4.92 Å². The molecule has 1 N–H and O–H groups in total. The second-order valence-electron chi connectivity index (χ2n) is 6.03. The molecule has 1 heterocycles. The molecule has 7 heteroatoms. The van der Waals surface area contributed by atoms with Gasteiger partial charge in [0, 0.05) is 31.5 Å². The van der Waals surface area contributed by atoms with E-state index in [4.69, 9.17) is 14.7 Å². The molecule has 0 amide bonds. The zero-order chi connectivity index (χ0) is 16.3. The molecule has 7 nitrogen and oxygen atoms in total. The molecule has 23 heavy (non-hydrogen) atoms. The standard InChI is InChI=1S/C16H19N3O4/c17-10-13-9-14(19(20)21)1-2-15(13)18-11-12-3-5-16(6-4-12)22-7-8-23-16/h1-2,9,12,18H,3-8,11H2. The SMILES string of the molecule is N#Cc1cc([N+](=O)[O-])ccc1NCC1CCC2(CC1)OCCO2. The smallest absolute Gasteiger partial charge is 0.270 e. The maximum Gasteiger partial charge on any atom is 0.270 e. The van der Waals surface area contributed by atoms with Crippen LogP contribution < -0.4 is 5.32 Å². The minimum Gasteiger partial charge on any atom is -0.384 e. The fourth-order valence-corrected chi connectivity index (χ4v) is 3.25. The maximum absolute atomic E-state index is 10.8. The van der Waals surface area contributed by atoms with E-state index in [2.05, 4.69) is 5.32 Å². The Hall–Kier alpha value is -2.17. The molecule has 1 saturated heterocycles. The number of hydrogen-bond donors (Lipinski definition) is 1. The lowest BCUT2D eigenvalue weighted by Gasteiger charge is -2.35. The Bertz CT molecular complexity index is 625. The molecule has 0 radical (unpaired) electrons. The van der Waals surface area contributed by atoms with Crippen LogP contribution in [0.2, 0.25) is 0 Å². The summed E-state index contributed by atoms with van der Waals surface area (Å²) in [5, 5.41) is 23.2. The summed E-state index contributed by atoms with van der Waals surface area (Å²) in [4.78, 5) is 10.3. The number of nitro benzene ring substituents is 1. The number of nitriles is 1. The molecule has 0 atom stereocenters. The number of ether oxygens (including phenoxy) is 2. The Morgan fingerprint density at radius 2 is 2.04 bits per heavy atom. The summed E-state index contributed by atoms with van der Waals surface area (Å²) >= 11 is 0. The van der Waals surface area contributed by atoms with Gasteiger partial charge in [-0.05, 0) is 24.8 Å². The van der Waals surface area contributed by atoms with Crippen LogP contribution in [0.15, 0.2) is 18.2 Å². The highest BCUT2D eigenvalue weighted by molar-refractivity contribution is 5.61. The average molecular weight is 317 g/mol. The molecule has 122 valence electrons. The number of hydrogen-bond acceptors (Lipinski definition) is 6. The summed E-state index contributed by atoms with van der Waals surface area (Å²) in [6.45, 7) is 2.09. The Labute approximate surface area is 134 Å². The minimum absolute atomic E-state index is 0.0674. The Morgan fingerprint density at radius 1 is 1.35 bits per heavy atom. The molecule has 0 unspecified atom stereocenters. The van der Waals surface area contributed by atoms with Crippen LogP contribution in [0.1, 0.15) is 31.2 Å². The van der Waals surface area contributed by atoms with E-state index in [9.17, 15) is 10.1 Å². The molecule has 0 bridgehead atoms. The first-order chi connectivity index (χ1) is 11.1. The number of nitro groups is 1. The van der Waals surface area contributed by atoms with Gasteiger partial charge in [0.2, 0.25) is 0 Å². The van der Waals surface area contributed by atoms with Crippen molar-refractivity contribution >= 4 is 11.4 Å². The Kier molecular flexibility index (Phi) is 4.46. The van der Waals surface area contributed by atoms with Gasteiger partial charge >= 0.3 is 0 Å². The third-order valence-corrected chi connectivity index (χ3v) is 4.60. The third kappa shape index (κ3) is 3.44. The lowest BCUT2D eigenvalue weighted by Crippen LogP contribution is -2.36. The van der Waals surface area contributed by atoms with Gasteiger partial charge in [0.05, 0.1) is 29.4 Å². The van der Waals surface area contributed by atoms with Crippen molar-refractivity contribution in [2.45, 2.75) is 31.5 Å². The first-order valence-corrected chi connectivity index (χ1v) is 7.82. The number of rotatable bonds is 4. The highest BCUT2D eigenvalue weighted by Crippen LogP contribution is 2.38. The summed E-state index contributed by atoms with van der Waals surface area (Å²) in [5.41, 5.74) is 0.878. The average Bonchev–Trinajstić information content (AvgIpc) is 3.02. The normalized spacial score (nSPS) is 20.3. The van der Waals surface area contributed by atoms with Gasteiger partial charge in [-0.15, -0.1) is 0 Å². The summed E-state index contributed by atoms with van der Waals surface area (Å²) in [7, 11) is 0. The van der Waals surface area contributed by atoms with Gasteiger partial charge in [-0.1, -0.05) is 0 Å². The minimum atomic E-state index is -0.493. The first kappa shape index (κ1) is 15.7. The van der Waals surface area contributed by atoms with Gasteiger partial charge in [0.25, 0.3) is 5.69 Å². The number of anilines is 1. The van der Waals surface area contributed by atoms with Gasteiger partial charge in [0.15, 0.2) is 5.79 Å². The molecule has 1 aliphatic carbocycles. The van der Waals surface area contributed by atoms with Gasteiger partial charge in [-0.25, -0.2) is 0 Å². The van der Waals surface area contributed by atoms with Gasteiger partial charge in [0.1, 0.15) is 6.07 Å². The van der Waals surface area contributed by atoms with Crippen molar-refractivity contribution in [3.8, 4) is 6.07 Å². The fourth-order valence-electron chi connectivity index (χ4n) is 3.25. The first-order valence-electron chi connectivity index (χ1n) is 7.82. The van der Waals surface area contributed by atoms with Crippen molar-refractivity contribution in [2.75, 3.05) is 25.1 Å². The molecule has 1 aliphatic heterocycles. The number of benzene rings is 1. The van der Waals surface area contributed by atoms with Crippen LogP contribution in [0, 0.1) is 27.4 Å². The molecule has 2 fully saturated rings. The highest BCUT2D eigenvalue weighted by Gasteiger charge is 2.40. The molecule has 1 spiro atoms. The lowest BCUT2D eigenvalue weighted by atomic mass is 9.85. The molecule has 3 rings (SSSR count). The molecule has 1 aromatic rings. The van der Waals surface area contributed by atoms with E-state index in [1.807, 2.05) is 6.07 Å². The summed E-state index contributed by atoms with van der Waals surface area (Å²) in [6, 6.07) is 6.33. The monoisotopic (exact) mass is 317 g/mol. The Morgan fingerprint density at radius 3 is 2.65 bits per heavy atom. The Balaban J connectivity index is 1.57. The predicted octanol–water partition coefficient (Wildman–Crippen LogP) is 2.81. The highest BCUT2D eigenvalue weighted by atomic mass is 16.7. The molecular formula is C16H19N3O4. The zero-order valence-electron chi connectivity index (χ0n) is 12.8. The van der Waals surface area contributed by atoms with Gasteiger partial charge in [-0.3, -0.25) is 10.1 Å². The molecule has 0 aromatic heterocycles. The number of nitrogens with zero attached hydrogens (tertiary/aromatic N) is 2. The van der Waals surface area contributed by atoms with Gasteiger partial charge < -0.3 is 14.8 Å². The van der Waals surface area contributed by atoms with Crippen LogP contribution in [0.25, 0.3) is 0 Å². The second-order valence-corrected chi connectivity index (χ2v) is 6.03. The topological polar surface area (TPSA) is 97.4 Å². The van der Waals surface area contributed by atoms with Crippen molar-refractivity contribution in [3.63, 3.8) is 0 Å². The zero-order valence-corrected chi connectivity index (χ0v) is 12.8. The van der Waals surface area contributed by atoms with E-state index in [0.717, 1.165) is 32.2 Å². The fraction of sp³-hybridized carbons (Fsp3) is 0.562. The summed E-state index contributed by atoms with van der Waals surface area (Å²) in [6.07, 6.45) is 3.79. The van der Waals surface area contributed by atoms with E-state index in [-0.39, 0.29) is 11.5 Å². The largest absolute Gasteiger partial charge is 0.384 e. The van der Waals surface area contributed by atoms with Crippen LogP contribution in [0.3, 0.4) is 0 Å². The van der Waals surface area contributed by atoms with E-state index in [0.29, 0.717) is 30.4 Å². The third-order valence-electron chi connectivity index (χ3n) is 4.60. The predicted molar refractivity (Wildman–Crippen MR) is 82.9 cm³/mol.